The van der Waals surface area contributed by atoms with E-state index in [0.29, 0.717) is 21.7 Å². The molecule has 3 aromatic rings. The van der Waals surface area contributed by atoms with Crippen LogP contribution >= 0.6 is 11.6 Å². The van der Waals surface area contributed by atoms with Gasteiger partial charge in [0.25, 0.3) is 0 Å². The zero-order valence-corrected chi connectivity index (χ0v) is 16.3. The predicted octanol–water partition coefficient (Wildman–Crippen LogP) is 4.74. The number of hydrogen-bond donors (Lipinski definition) is 0. The van der Waals surface area contributed by atoms with Gasteiger partial charge in [-0.1, -0.05) is 54.1 Å². The average molecular weight is 415 g/mol. The zero-order valence-electron chi connectivity index (χ0n) is 14.7. The molecule has 28 heavy (non-hydrogen) atoms. The van der Waals surface area contributed by atoms with Crippen LogP contribution in [0.3, 0.4) is 0 Å². The lowest BCUT2D eigenvalue weighted by Crippen LogP contribution is -2.31. The van der Waals surface area contributed by atoms with E-state index in [9.17, 15) is 12.8 Å². The van der Waals surface area contributed by atoms with Crippen molar-refractivity contribution in [1.82, 2.24) is 4.31 Å². The van der Waals surface area contributed by atoms with Crippen molar-refractivity contribution in [2.45, 2.75) is 18.0 Å². The molecule has 0 N–H and O–H groups in total. The molecule has 0 aliphatic carbocycles. The van der Waals surface area contributed by atoms with Crippen LogP contribution in [0.15, 0.2) is 77.7 Å². The summed E-state index contributed by atoms with van der Waals surface area (Å²) in [6, 6.07) is 20.8. The highest BCUT2D eigenvalue weighted by Crippen LogP contribution is 2.25. The lowest BCUT2D eigenvalue weighted by Gasteiger charge is -2.23. The number of nitriles is 1. The van der Waals surface area contributed by atoms with E-state index >= 15 is 0 Å². The van der Waals surface area contributed by atoms with Gasteiger partial charge < -0.3 is 0 Å². The average Bonchev–Trinajstić information content (AvgIpc) is 2.69. The number of halogens is 2. The van der Waals surface area contributed by atoms with Crippen LogP contribution in [0.2, 0.25) is 5.02 Å². The zero-order chi connectivity index (χ0) is 20.1. The van der Waals surface area contributed by atoms with Crippen molar-refractivity contribution in [2.24, 2.45) is 0 Å². The predicted molar refractivity (Wildman–Crippen MR) is 105 cm³/mol. The lowest BCUT2D eigenvalue weighted by molar-refractivity contribution is 0.397. The molecule has 0 aliphatic heterocycles. The summed E-state index contributed by atoms with van der Waals surface area (Å²) in [5.41, 5.74) is 1.75. The smallest absolute Gasteiger partial charge is 0.207 e. The highest BCUT2D eigenvalue weighted by molar-refractivity contribution is 7.89. The largest absolute Gasteiger partial charge is 0.246 e. The Hall–Kier alpha value is -2.72. The molecular weight excluding hydrogens is 399 g/mol. The molecule has 0 aliphatic rings. The molecule has 4 nitrogen and oxygen atoms in total. The second-order valence-electron chi connectivity index (χ2n) is 6.10. The van der Waals surface area contributed by atoms with Crippen molar-refractivity contribution in [2.75, 3.05) is 0 Å². The van der Waals surface area contributed by atoms with Gasteiger partial charge in [-0.3, -0.25) is 0 Å². The van der Waals surface area contributed by atoms with Crippen LogP contribution in [0.4, 0.5) is 4.39 Å². The van der Waals surface area contributed by atoms with Gasteiger partial charge in [-0.25, -0.2) is 12.8 Å². The van der Waals surface area contributed by atoms with Crippen molar-refractivity contribution in [1.29, 1.82) is 5.26 Å². The van der Waals surface area contributed by atoms with E-state index in [-0.39, 0.29) is 13.1 Å². The van der Waals surface area contributed by atoms with Crippen LogP contribution < -0.4 is 0 Å². The minimum absolute atomic E-state index is 0.00754. The molecule has 0 aromatic heterocycles. The summed E-state index contributed by atoms with van der Waals surface area (Å²) < 4.78 is 41.8. The number of rotatable bonds is 6. The monoisotopic (exact) mass is 414 g/mol. The summed E-state index contributed by atoms with van der Waals surface area (Å²) in [6.45, 7) is -0.00998. The Balaban J connectivity index is 2.02. The molecule has 3 rings (SSSR count). The summed E-state index contributed by atoms with van der Waals surface area (Å²) >= 11 is 6.21. The summed E-state index contributed by atoms with van der Waals surface area (Å²) in [5, 5.41) is 9.36. The first-order chi connectivity index (χ1) is 13.4. The van der Waals surface area contributed by atoms with Crippen molar-refractivity contribution in [3.8, 4) is 6.07 Å². The molecule has 3 aromatic carbocycles. The Morgan fingerprint density at radius 3 is 2.21 bits per heavy atom. The van der Waals surface area contributed by atoms with Crippen LogP contribution in [-0.4, -0.2) is 12.7 Å². The number of sulfonamides is 1. The highest BCUT2D eigenvalue weighted by Gasteiger charge is 2.28. The Labute approximate surface area is 168 Å². The van der Waals surface area contributed by atoms with Gasteiger partial charge in [0, 0.05) is 18.1 Å². The molecule has 142 valence electrons. The third-order valence-electron chi connectivity index (χ3n) is 4.20. The molecule has 0 amide bonds. The Morgan fingerprint density at radius 1 is 0.929 bits per heavy atom. The highest BCUT2D eigenvalue weighted by atomic mass is 35.5. The summed E-state index contributed by atoms with van der Waals surface area (Å²) in [7, 11) is -4.13. The topological polar surface area (TPSA) is 61.2 Å². The molecule has 0 fully saturated rings. The molecule has 0 bridgehead atoms. The molecule has 7 heteroatoms. The van der Waals surface area contributed by atoms with Gasteiger partial charge in [-0.05, 0) is 41.5 Å². The van der Waals surface area contributed by atoms with Gasteiger partial charge in [-0.15, -0.1) is 0 Å². The molecule has 0 saturated heterocycles. The summed E-state index contributed by atoms with van der Waals surface area (Å²) in [5.74, 6) is -0.813. The van der Waals surface area contributed by atoms with Crippen LogP contribution in [0.1, 0.15) is 16.7 Å². The van der Waals surface area contributed by atoms with E-state index in [1.807, 2.05) is 6.07 Å². The fourth-order valence-corrected chi connectivity index (χ4v) is 4.39. The fourth-order valence-electron chi connectivity index (χ4n) is 2.72. The van der Waals surface area contributed by atoms with Crippen molar-refractivity contribution in [3.63, 3.8) is 0 Å². The van der Waals surface area contributed by atoms with Crippen molar-refractivity contribution < 1.29 is 12.8 Å². The van der Waals surface area contributed by atoms with Crippen LogP contribution in [0.25, 0.3) is 0 Å². The molecule has 0 spiro atoms. The van der Waals surface area contributed by atoms with E-state index < -0.39 is 20.7 Å². The van der Waals surface area contributed by atoms with Crippen LogP contribution in [0, 0.1) is 17.1 Å². The Morgan fingerprint density at radius 2 is 1.57 bits per heavy atom. The Kier molecular flexibility index (Phi) is 6.10. The van der Waals surface area contributed by atoms with Gasteiger partial charge in [0.1, 0.15) is 10.7 Å². The first kappa shape index (κ1) is 20.0. The van der Waals surface area contributed by atoms with Crippen LogP contribution in [0.5, 0.6) is 0 Å². The maximum absolute atomic E-state index is 14.2. The lowest BCUT2D eigenvalue weighted by atomic mass is 10.1. The molecule has 0 heterocycles. The first-order valence-corrected chi connectivity index (χ1v) is 10.2. The Bertz CT molecular complexity index is 1130. The number of nitrogens with zero attached hydrogens (tertiary/aromatic N) is 2. The van der Waals surface area contributed by atoms with E-state index in [0.717, 1.165) is 6.07 Å². The normalized spacial score (nSPS) is 11.4. The van der Waals surface area contributed by atoms with E-state index in [4.69, 9.17) is 16.9 Å². The fraction of sp³-hybridized carbons (Fsp3) is 0.0952. The van der Waals surface area contributed by atoms with Gasteiger partial charge in [0.2, 0.25) is 10.0 Å². The SMILES string of the molecule is N#Cc1ccc(CN(Cc2ccccc2Cl)S(=O)(=O)c2ccccc2F)cc1. The first-order valence-electron chi connectivity index (χ1n) is 8.39. The summed E-state index contributed by atoms with van der Waals surface area (Å²) in [4.78, 5) is -0.393. The van der Waals surface area contributed by atoms with Crippen LogP contribution in [-0.2, 0) is 23.1 Å². The second kappa shape index (κ2) is 8.53. The van der Waals surface area contributed by atoms with Gasteiger partial charge >= 0.3 is 0 Å². The minimum Gasteiger partial charge on any atom is -0.207 e. The second-order valence-corrected chi connectivity index (χ2v) is 8.42. The van der Waals surface area contributed by atoms with E-state index in [1.165, 1.54) is 22.5 Å². The molecule has 0 radical (unpaired) electrons. The van der Waals surface area contributed by atoms with Crippen molar-refractivity contribution in [3.05, 3.63) is 100 Å². The standard InChI is InChI=1S/C21H16ClFN2O2S/c22-19-6-2-1-5-18(19)15-25(14-17-11-9-16(13-24)10-12-17)28(26,27)21-8-4-3-7-20(21)23/h1-12H,14-15H2. The molecule has 0 atom stereocenters. The molecule has 0 unspecified atom stereocenters. The number of benzene rings is 3. The number of hydrogen-bond acceptors (Lipinski definition) is 3. The van der Waals surface area contributed by atoms with Gasteiger partial charge in [-0.2, -0.15) is 9.57 Å². The van der Waals surface area contributed by atoms with E-state index in [1.54, 1.807) is 48.5 Å². The molecule has 0 saturated carbocycles. The van der Waals surface area contributed by atoms with Gasteiger partial charge in [0.05, 0.1) is 11.6 Å². The third kappa shape index (κ3) is 4.39. The molecular formula is C21H16ClFN2O2S. The van der Waals surface area contributed by atoms with E-state index in [2.05, 4.69) is 0 Å². The van der Waals surface area contributed by atoms with Gasteiger partial charge in [0.15, 0.2) is 0 Å². The van der Waals surface area contributed by atoms with Crippen molar-refractivity contribution >= 4 is 21.6 Å². The summed E-state index contributed by atoms with van der Waals surface area (Å²) in [6.07, 6.45) is 0. The quantitative estimate of drug-likeness (QED) is 0.585. The maximum Gasteiger partial charge on any atom is 0.246 e. The maximum atomic E-state index is 14.2. The minimum atomic E-state index is -4.13. The third-order valence-corrected chi connectivity index (χ3v) is 6.39.